The van der Waals surface area contributed by atoms with Gasteiger partial charge in [0.2, 0.25) is 5.91 Å². The zero-order chi connectivity index (χ0) is 18.7. The zero-order valence-corrected chi connectivity index (χ0v) is 16.5. The lowest BCUT2D eigenvalue weighted by molar-refractivity contribution is -0.149. The molecule has 0 spiro atoms. The second-order valence-corrected chi connectivity index (χ2v) is 8.20. The van der Waals surface area contributed by atoms with Crippen molar-refractivity contribution in [2.24, 2.45) is 0 Å². The minimum Gasteiger partial charge on any atom is -0.477 e. The molecule has 0 saturated carbocycles. The number of benzene rings is 1. The summed E-state index contributed by atoms with van der Waals surface area (Å²) in [5, 5.41) is 15.9. The van der Waals surface area contributed by atoms with Crippen LogP contribution in [0.2, 0.25) is 0 Å². The molecule has 0 aliphatic carbocycles. The van der Waals surface area contributed by atoms with Gasteiger partial charge in [-0.1, -0.05) is 6.92 Å². The number of rotatable bonds is 8. The van der Waals surface area contributed by atoms with E-state index in [0.29, 0.717) is 18.1 Å². The largest absolute Gasteiger partial charge is 0.477 e. The minimum absolute atomic E-state index is 0.110. The van der Waals surface area contributed by atoms with Gasteiger partial charge in [0.1, 0.15) is 17.1 Å². The van der Waals surface area contributed by atoms with E-state index in [0.717, 1.165) is 22.7 Å². The van der Waals surface area contributed by atoms with E-state index >= 15 is 0 Å². The van der Waals surface area contributed by atoms with Crippen LogP contribution >= 0.6 is 23.5 Å². The van der Waals surface area contributed by atoms with Crippen LogP contribution in [0.15, 0.2) is 40.4 Å². The van der Waals surface area contributed by atoms with Gasteiger partial charge in [0.15, 0.2) is 0 Å². The molecule has 0 aromatic heterocycles. The van der Waals surface area contributed by atoms with Crippen LogP contribution in [0.4, 0.5) is 5.69 Å². The number of amides is 1. The van der Waals surface area contributed by atoms with E-state index in [4.69, 9.17) is 0 Å². The second kappa shape index (κ2) is 8.37. The Morgan fingerprint density at radius 2 is 2.04 bits per heavy atom. The van der Waals surface area contributed by atoms with Crippen LogP contribution in [-0.4, -0.2) is 57.9 Å². The number of nitrogens with zero attached hydrogens (tertiary/aromatic N) is 1. The Labute approximate surface area is 161 Å². The monoisotopic (exact) mass is 393 g/mol. The molecule has 3 rings (SSSR count). The van der Waals surface area contributed by atoms with Gasteiger partial charge in [-0.2, -0.15) is 0 Å². The number of anilines is 1. The van der Waals surface area contributed by atoms with Gasteiger partial charge in [0.25, 0.3) is 0 Å². The van der Waals surface area contributed by atoms with E-state index in [1.807, 2.05) is 38.1 Å². The lowest BCUT2D eigenvalue weighted by atomic mass is 10.0. The summed E-state index contributed by atoms with van der Waals surface area (Å²) < 4.78 is 0. The first-order valence-electron chi connectivity index (χ1n) is 8.66. The lowest BCUT2D eigenvalue weighted by Crippen LogP contribution is -2.69. The van der Waals surface area contributed by atoms with Crippen molar-refractivity contribution in [1.82, 2.24) is 10.2 Å². The quantitative estimate of drug-likeness (QED) is 0.462. The molecular formula is C18H23N3O3S2. The summed E-state index contributed by atoms with van der Waals surface area (Å²) in [6, 6.07) is 7.82. The Balaban J connectivity index is 1.71. The molecule has 2 heterocycles. The third-order valence-corrected chi connectivity index (χ3v) is 6.76. The van der Waals surface area contributed by atoms with Gasteiger partial charge in [0.05, 0.1) is 0 Å². The number of aliphatic carboxylic acids is 1. The molecule has 0 radical (unpaired) electrons. The summed E-state index contributed by atoms with van der Waals surface area (Å²) in [6.07, 6.45) is 0. The standard InChI is InChI=1S/C18H23N3O3S2/c1-3-19-12-5-7-13(8-6-12)25-9-11-10-26-17-14(20-4-2)16(22)21(17)15(11)18(23)24/h5-8,14,17,19-20H,3-4,9-10H2,1-2H3,(H,23,24). The average Bonchev–Trinajstić information content (AvgIpc) is 2.64. The Hall–Kier alpha value is -1.64. The number of hydrogen-bond donors (Lipinski definition) is 3. The average molecular weight is 394 g/mol. The highest BCUT2D eigenvalue weighted by atomic mass is 32.2. The third-order valence-electron chi connectivity index (χ3n) is 4.32. The van der Waals surface area contributed by atoms with Crippen LogP contribution in [0.1, 0.15) is 13.8 Å². The number of carboxylic acid groups (broad SMARTS) is 1. The van der Waals surface area contributed by atoms with Crippen molar-refractivity contribution in [2.75, 3.05) is 29.9 Å². The second-order valence-electron chi connectivity index (χ2n) is 6.05. The Bertz CT molecular complexity index is 721. The van der Waals surface area contributed by atoms with Crippen LogP contribution in [0.25, 0.3) is 0 Å². The van der Waals surface area contributed by atoms with Gasteiger partial charge in [-0.25, -0.2) is 4.79 Å². The van der Waals surface area contributed by atoms with Gasteiger partial charge >= 0.3 is 5.97 Å². The van der Waals surface area contributed by atoms with E-state index < -0.39 is 5.97 Å². The molecule has 1 fully saturated rings. The number of β-lactam (4-membered cyclic amide) rings is 1. The molecule has 26 heavy (non-hydrogen) atoms. The fourth-order valence-corrected chi connectivity index (χ4v) is 5.52. The molecule has 1 aromatic carbocycles. The molecular weight excluding hydrogens is 370 g/mol. The topological polar surface area (TPSA) is 81.7 Å². The summed E-state index contributed by atoms with van der Waals surface area (Å²) in [4.78, 5) is 26.7. The van der Waals surface area contributed by atoms with Gasteiger partial charge < -0.3 is 15.7 Å². The highest BCUT2D eigenvalue weighted by Crippen LogP contribution is 2.41. The van der Waals surface area contributed by atoms with E-state index in [-0.39, 0.29) is 23.0 Å². The van der Waals surface area contributed by atoms with Crippen molar-refractivity contribution in [3.63, 3.8) is 0 Å². The molecule has 2 aliphatic heterocycles. The maximum atomic E-state index is 12.4. The van der Waals surface area contributed by atoms with Crippen molar-refractivity contribution < 1.29 is 14.7 Å². The summed E-state index contributed by atoms with van der Waals surface area (Å²) in [6.45, 7) is 5.56. The number of carbonyl (C=O) groups is 2. The summed E-state index contributed by atoms with van der Waals surface area (Å²) >= 11 is 3.23. The normalized spacial score (nSPS) is 22.1. The highest BCUT2D eigenvalue weighted by Gasteiger charge is 2.52. The van der Waals surface area contributed by atoms with Gasteiger partial charge in [-0.05, 0) is 43.3 Å². The summed E-state index contributed by atoms with van der Waals surface area (Å²) in [7, 11) is 0. The first kappa shape index (κ1) is 19.1. The van der Waals surface area contributed by atoms with Crippen LogP contribution < -0.4 is 10.6 Å². The minimum atomic E-state index is -1.02. The van der Waals surface area contributed by atoms with E-state index in [2.05, 4.69) is 10.6 Å². The molecule has 2 unspecified atom stereocenters. The molecule has 140 valence electrons. The molecule has 2 atom stereocenters. The van der Waals surface area contributed by atoms with Gasteiger partial charge in [0, 0.05) is 28.6 Å². The van der Waals surface area contributed by atoms with Crippen molar-refractivity contribution >= 4 is 41.1 Å². The Kier molecular flexibility index (Phi) is 6.16. The molecule has 0 bridgehead atoms. The first-order chi connectivity index (χ1) is 12.6. The van der Waals surface area contributed by atoms with E-state index in [1.165, 1.54) is 4.90 Å². The number of carbonyl (C=O) groups excluding carboxylic acids is 1. The fraction of sp³-hybridized carbons (Fsp3) is 0.444. The third kappa shape index (κ3) is 3.72. The maximum absolute atomic E-state index is 12.4. The van der Waals surface area contributed by atoms with Crippen LogP contribution in [0.3, 0.4) is 0 Å². The summed E-state index contributed by atoms with van der Waals surface area (Å²) in [5.74, 6) is 0.0495. The SMILES string of the molecule is CCNc1ccc(SCC2=C(C(=O)O)N3C(=O)C(NCC)C3SC2)cc1. The highest BCUT2D eigenvalue weighted by molar-refractivity contribution is 8.01. The number of thioether (sulfide) groups is 2. The number of likely N-dealkylation sites (N-methyl/N-ethyl adjacent to an activating group) is 1. The van der Waals surface area contributed by atoms with E-state index in [1.54, 1.807) is 23.5 Å². The van der Waals surface area contributed by atoms with E-state index in [9.17, 15) is 14.7 Å². The lowest BCUT2D eigenvalue weighted by Gasteiger charge is -2.49. The first-order valence-corrected chi connectivity index (χ1v) is 10.7. The fourth-order valence-electron chi connectivity index (χ4n) is 3.11. The van der Waals surface area contributed by atoms with Crippen LogP contribution in [0.5, 0.6) is 0 Å². The van der Waals surface area contributed by atoms with Crippen molar-refractivity contribution in [1.29, 1.82) is 0 Å². The Morgan fingerprint density at radius 1 is 1.31 bits per heavy atom. The van der Waals surface area contributed by atoms with Crippen molar-refractivity contribution in [2.45, 2.75) is 30.2 Å². The predicted octanol–water partition coefficient (Wildman–Crippen LogP) is 2.44. The van der Waals surface area contributed by atoms with Gasteiger partial charge in [-0.15, -0.1) is 23.5 Å². The molecule has 1 amide bonds. The summed E-state index contributed by atoms with van der Waals surface area (Å²) in [5.41, 5.74) is 2.05. The van der Waals surface area contributed by atoms with Crippen LogP contribution in [0, 0.1) is 0 Å². The number of fused-ring (bicyclic) bond motifs is 1. The zero-order valence-electron chi connectivity index (χ0n) is 14.8. The maximum Gasteiger partial charge on any atom is 0.352 e. The Morgan fingerprint density at radius 3 is 2.65 bits per heavy atom. The molecule has 1 aromatic rings. The number of hydrogen-bond acceptors (Lipinski definition) is 6. The molecule has 6 nitrogen and oxygen atoms in total. The molecule has 1 saturated heterocycles. The van der Waals surface area contributed by atoms with Gasteiger partial charge in [-0.3, -0.25) is 9.69 Å². The molecule has 2 aliphatic rings. The van der Waals surface area contributed by atoms with Crippen molar-refractivity contribution in [3.8, 4) is 0 Å². The van der Waals surface area contributed by atoms with Crippen LogP contribution in [-0.2, 0) is 9.59 Å². The number of nitrogens with one attached hydrogen (secondary N) is 2. The smallest absolute Gasteiger partial charge is 0.352 e. The number of carboxylic acids is 1. The molecule has 3 N–H and O–H groups in total. The predicted molar refractivity (Wildman–Crippen MR) is 107 cm³/mol. The van der Waals surface area contributed by atoms with Crippen molar-refractivity contribution in [3.05, 3.63) is 35.5 Å². The molecule has 8 heteroatoms.